The SMILES string of the molecule is NC1=NC(=O)C(c2ccccc2)C1=O. The summed E-state index contributed by atoms with van der Waals surface area (Å²) in [4.78, 5) is 26.2. The number of nitrogens with zero attached hydrogens (tertiary/aromatic N) is 1. The van der Waals surface area contributed by atoms with Crippen LogP contribution in [-0.4, -0.2) is 17.5 Å². The molecule has 0 radical (unpaired) electrons. The molecular weight excluding hydrogens is 180 g/mol. The van der Waals surface area contributed by atoms with Crippen molar-refractivity contribution in [2.24, 2.45) is 10.7 Å². The second-order valence-corrected chi connectivity index (χ2v) is 3.04. The van der Waals surface area contributed by atoms with E-state index in [4.69, 9.17) is 5.73 Å². The lowest BCUT2D eigenvalue weighted by Crippen LogP contribution is -2.24. The van der Waals surface area contributed by atoms with E-state index in [0.29, 0.717) is 5.56 Å². The highest BCUT2D eigenvalue weighted by atomic mass is 16.2. The van der Waals surface area contributed by atoms with Crippen LogP contribution in [0.4, 0.5) is 0 Å². The molecule has 1 atom stereocenters. The lowest BCUT2D eigenvalue weighted by molar-refractivity contribution is -0.123. The van der Waals surface area contributed by atoms with E-state index >= 15 is 0 Å². The van der Waals surface area contributed by atoms with Crippen molar-refractivity contribution in [1.29, 1.82) is 0 Å². The summed E-state index contributed by atoms with van der Waals surface area (Å²) in [7, 11) is 0. The maximum absolute atomic E-state index is 11.4. The summed E-state index contributed by atoms with van der Waals surface area (Å²) < 4.78 is 0. The van der Waals surface area contributed by atoms with Gasteiger partial charge in [-0.15, -0.1) is 0 Å². The Hall–Kier alpha value is -1.97. The summed E-state index contributed by atoms with van der Waals surface area (Å²) in [6.45, 7) is 0. The minimum Gasteiger partial charge on any atom is -0.381 e. The molecule has 14 heavy (non-hydrogen) atoms. The quantitative estimate of drug-likeness (QED) is 0.641. The Balaban J connectivity index is 2.39. The molecule has 1 heterocycles. The smallest absolute Gasteiger partial charge is 0.263 e. The summed E-state index contributed by atoms with van der Waals surface area (Å²) in [6.07, 6.45) is 0. The minimum absolute atomic E-state index is 0.191. The highest BCUT2D eigenvalue weighted by molar-refractivity contribution is 6.49. The molecule has 1 amide bonds. The van der Waals surface area contributed by atoms with Crippen molar-refractivity contribution in [2.75, 3.05) is 0 Å². The summed E-state index contributed by atoms with van der Waals surface area (Å²) in [6, 6.07) is 8.79. The van der Waals surface area contributed by atoms with Crippen molar-refractivity contribution < 1.29 is 9.59 Å². The molecule has 70 valence electrons. The predicted octanol–water partition coefficient (Wildman–Crippen LogP) is 0.237. The monoisotopic (exact) mass is 188 g/mol. The van der Waals surface area contributed by atoms with Crippen LogP contribution in [0.1, 0.15) is 11.5 Å². The van der Waals surface area contributed by atoms with E-state index in [0.717, 1.165) is 0 Å². The molecule has 1 aliphatic rings. The van der Waals surface area contributed by atoms with Crippen molar-refractivity contribution in [3.8, 4) is 0 Å². The molecule has 4 nitrogen and oxygen atoms in total. The average molecular weight is 188 g/mol. The standard InChI is InChI=1S/C10H8N2O2/c11-9-8(13)7(10(14)12-9)6-4-2-1-3-5-6/h1-5,7H,(H2,11,12,14). The molecular formula is C10H8N2O2. The van der Waals surface area contributed by atoms with E-state index in [1.165, 1.54) is 0 Å². The molecule has 1 aromatic carbocycles. The van der Waals surface area contributed by atoms with Gasteiger partial charge in [0, 0.05) is 0 Å². The third-order valence-electron chi connectivity index (χ3n) is 2.13. The number of nitrogens with two attached hydrogens (primary N) is 1. The van der Waals surface area contributed by atoms with Gasteiger partial charge in [-0.2, -0.15) is 4.99 Å². The summed E-state index contributed by atoms with van der Waals surface area (Å²) in [5.74, 6) is -1.89. The van der Waals surface area contributed by atoms with Gasteiger partial charge in [0.25, 0.3) is 5.91 Å². The minimum atomic E-state index is -0.823. The normalized spacial score (nSPS) is 21.1. The maximum Gasteiger partial charge on any atom is 0.263 e. The number of benzene rings is 1. The number of amides is 1. The Morgan fingerprint density at radius 3 is 2.29 bits per heavy atom. The first-order chi connectivity index (χ1) is 6.70. The first kappa shape index (κ1) is 8.62. The molecule has 0 bridgehead atoms. The number of ketones is 1. The van der Waals surface area contributed by atoms with Crippen LogP contribution in [0.25, 0.3) is 0 Å². The number of carbonyl (C=O) groups is 2. The van der Waals surface area contributed by atoms with Gasteiger partial charge in [-0.25, -0.2) is 0 Å². The van der Waals surface area contributed by atoms with E-state index < -0.39 is 17.6 Å². The Kier molecular flexibility index (Phi) is 1.89. The van der Waals surface area contributed by atoms with E-state index in [1.807, 2.05) is 6.07 Å². The second kappa shape index (κ2) is 3.06. The summed E-state index contributed by atoms with van der Waals surface area (Å²) in [5.41, 5.74) is 5.92. The highest BCUT2D eigenvalue weighted by Gasteiger charge is 2.36. The number of hydrogen-bond acceptors (Lipinski definition) is 3. The zero-order valence-corrected chi connectivity index (χ0v) is 7.31. The molecule has 0 aliphatic carbocycles. The van der Waals surface area contributed by atoms with E-state index in [1.54, 1.807) is 24.3 Å². The van der Waals surface area contributed by atoms with Crippen molar-refractivity contribution in [3.63, 3.8) is 0 Å². The van der Waals surface area contributed by atoms with Crippen molar-refractivity contribution in [1.82, 2.24) is 0 Å². The fourth-order valence-electron chi connectivity index (χ4n) is 1.44. The van der Waals surface area contributed by atoms with Gasteiger partial charge < -0.3 is 5.73 Å². The Morgan fingerprint density at radius 2 is 1.79 bits per heavy atom. The van der Waals surface area contributed by atoms with E-state index in [9.17, 15) is 9.59 Å². The number of hydrogen-bond donors (Lipinski definition) is 1. The lowest BCUT2D eigenvalue weighted by Gasteiger charge is -2.04. The molecule has 2 N–H and O–H groups in total. The molecule has 0 fully saturated rings. The van der Waals surface area contributed by atoms with Crippen LogP contribution in [0.5, 0.6) is 0 Å². The Labute approximate surface area is 80.4 Å². The first-order valence-corrected chi connectivity index (χ1v) is 4.17. The number of Topliss-reactive ketones (excluding diaryl/α,β-unsaturated/α-hetero) is 1. The molecule has 0 saturated carbocycles. The van der Waals surface area contributed by atoms with Crippen LogP contribution in [-0.2, 0) is 9.59 Å². The van der Waals surface area contributed by atoms with Crippen LogP contribution >= 0.6 is 0 Å². The van der Waals surface area contributed by atoms with Gasteiger partial charge in [-0.3, -0.25) is 9.59 Å². The molecule has 0 saturated heterocycles. The van der Waals surface area contributed by atoms with Crippen LogP contribution in [0.15, 0.2) is 35.3 Å². The molecule has 2 rings (SSSR count). The molecule has 0 spiro atoms. The van der Waals surface area contributed by atoms with Crippen molar-refractivity contribution in [2.45, 2.75) is 5.92 Å². The molecule has 1 unspecified atom stereocenters. The van der Waals surface area contributed by atoms with Crippen molar-refractivity contribution in [3.05, 3.63) is 35.9 Å². The highest BCUT2D eigenvalue weighted by Crippen LogP contribution is 2.22. The van der Waals surface area contributed by atoms with Gasteiger partial charge in [0.2, 0.25) is 5.78 Å². The zero-order valence-electron chi connectivity index (χ0n) is 7.31. The van der Waals surface area contributed by atoms with Crippen molar-refractivity contribution >= 4 is 17.5 Å². The Bertz CT molecular complexity index is 423. The van der Waals surface area contributed by atoms with Gasteiger partial charge >= 0.3 is 0 Å². The maximum atomic E-state index is 11.4. The van der Waals surface area contributed by atoms with Gasteiger partial charge in [-0.1, -0.05) is 30.3 Å². The Morgan fingerprint density at radius 1 is 1.14 bits per heavy atom. The van der Waals surface area contributed by atoms with Crippen LogP contribution in [0.3, 0.4) is 0 Å². The van der Waals surface area contributed by atoms with Gasteiger partial charge in [0.1, 0.15) is 5.92 Å². The molecule has 4 heteroatoms. The average Bonchev–Trinajstić information content (AvgIpc) is 2.43. The predicted molar refractivity (Wildman–Crippen MR) is 50.8 cm³/mol. The summed E-state index contributed by atoms with van der Waals surface area (Å²) >= 11 is 0. The largest absolute Gasteiger partial charge is 0.381 e. The lowest BCUT2D eigenvalue weighted by atomic mass is 9.96. The number of carbonyl (C=O) groups excluding carboxylic acids is 2. The number of aliphatic imine (C=N–C) groups is 1. The molecule has 1 aromatic rings. The number of amidine groups is 1. The molecule has 0 aromatic heterocycles. The summed E-state index contributed by atoms with van der Waals surface area (Å²) in [5, 5.41) is 0. The van der Waals surface area contributed by atoms with Crippen LogP contribution < -0.4 is 5.73 Å². The second-order valence-electron chi connectivity index (χ2n) is 3.04. The first-order valence-electron chi connectivity index (χ1n) is 4.17. The fraction of sp³-hybridized carbons (Fsp3) is 0.100. The third-order valence-corrected chi connectivity index (χ3v) is 2.13. The van der Waals surface area contributed by atoms with E-state index in [-0.39, 0.29) is 5.84 Å². The van der Waals surface area contributed by atoms with Gasteiger partial charge in [-0.05, 0) is 5.56 Å². The zero-order chi connectivity index (χ0) is 10.1. The third kappa shape index (κ3) is 1.21. The fourth-order valence-corrected chi connectivity index (χ4v) is 1.44. The van der Waals surface area contributed by atoms with E-state index in [2.05, 4.69) is 4.99 Å². The van der Waals surface area contributed by atoms with Gasteiger partial charge in [0.15, 0.2) is 5.84 Å². The number of rotatable bonds is 1. The van der Waals surface area contributed by atoms with Gasteiger partial charge in [0.05, 0.1) is 0 Å². The molecule has 1 aliphatic heterocycles. The van der Waals surface area contributed by atoms with Crippen LogP contribution in [0.2, 0.25) is 0 Å². The van der Waals surface area contributed by atoms with Crippen LogP contribution in [0, 0.1) is 0 Å². The topological polar surface area (TPSA) is 72.5 Å².